The van der Waals surface area contributed by atoms with Crippen molar-refractivity contribution in [2.75, 3.05) is 0 Å². The van der Waals surface area contributed by atoms with E-state index in [1.54, 1.807) is 5.57 Å². The van der Waals surface area contributed by atoms with Crippen LogP contribution in [0.25, 0.3) is 0 Å². The first-order valence-corrected chi connectivity index (χ1v) is 16.8. The fraction of sp³-hybridized carbons (Fsp3) is 0.903. The molecule has 5 aliphatic carbocycles. The first-order valence-electron chi connectivity index (χ1n) is 14.6. The predicted octanol–water partition coefficient (Wildman–Crippen LogP) is 8.90. The highest BCUT2D eigenvalue weighted by Crippen LogP contribution is 2.79. The highest BCUT2D eigenvalue weighted by molar-refractivity contribution is 6.77. The van der Waals surface area contributed by atoms with Crippen LogP contribution < -0.4 is 0 Å². The maximum absolute atomic E-state index is 10.2. The number of nitrogens with zero attached hydrogens (tertiary/aromatic N) is 1. The lowest BCUT2D eigenvalue weighted by Crippen LogP contribution is -2.55. The van der Waals surface area contributed by atoms with E-state index in [2.05, 4.69) is 74.5 Å². The summed E-state index contributed by atoms with van der Waals surface area (Å²) in [6, 6.07) is 2.86. The zero-order valence-electron chi connectivity index (χ0n) is 23.6. The Kier molecular flexibility index (Phi) is 5.86. The predicted molar refractivity (Wildman–Crippen MR) is 144 cm³/mol. The zero-order valence-corrected chi connectivity index (χ0v) is 24.6. The first-order chi connectivity index (χ1) is 15.9. The number of allylic oxidation sites excluding steroid dienone is 1. The SMILES string of the molecule is CC(C)[Si](O[C@H]1CC[C@@]2(C)C(=CC[C@H]3[C@@H]4[C@H]5C[C@H]5[C@@](C)(C#N)[C@@]4(C)CC[C@@H]32)C1)(C(C)C)C(C)C. The summed E-state index contributed by atoms with van der Waals surface area (Å²) in [6.45, 7) is 22.0. The first kappa shape index (κ1) is 25.1. The van der Waals surface area contributed by atoms with Crippen LogP contribution in [0.15, 0.2) is 11.6 Å². The van der Waals surface area contributed by atoms with Gasteiger partial charge in [0, 0.05) is 6.10 Å². The number of fused-ring (bicyclic) bond motifs is 7. The van der Waals surface area contributed by atoms with Gasteiger partial charge in [0.1, 0.15) is 0 Å². The number of rotatable bonds is 5. The van der Waals surface area contributed by atoms with E-state index in [9.17, 15) is 5.26 Å². The number of nitriles is 1. The van der Waals surface area contributed by atoms with Gasteiger partial charge in [0.05, 0.1) is 11.5 Å². The van der Waals surface area contributed by atoms with Crippen molar-refractivity contribution in [3.8, 4) is 6.07 Å². The van der Waals surface area contributed by atoms with Gasteiger partial charge in [-0.15, -0.1) is 0 Å². The Labute approximate surface area is 211 Å². The third-order valence-electron chi connectivity index (χ3n) is 12.8. The molecule has 0 heterocycles. The van der Waals surface area contributed by atoms with Gasteiger partial charge in [-0.1, -0.05) is 67.0 Å². The van der Waals surface area contributed by atoms with Gasteiger partial charge in [0.25, 0.3) is 0 Å². The van der Waals surface area contributed by atoms with Gasteiger partial charge >= 0.3 is 0 Å². The van der Waals surface area contributed by atoms with E-state index in [4.69, 9.17) is 4.43 Å². The quantitative estimate of drug-likeness (QED) is 0.290. The van der Waals surface area contributed by atoms with Crippen molar-refractivity contribution >= 4 is 8.32 Å². The molecule has 2 nitrogen and oxygen atoms in total. The van der Waals surface area contributed by atoms with Gasteiger partial charge < -0.3 is 4.43 Å². The normalized spacial score (nSPS) is 47.6. The van der Waals surface area contributed by atoms with E-state index in [1.807, 2.05) is 0 Å². The molecule has 5 aliphatic rings. The summed E-state index contributed by atoms with van der Waals surface area (Å²) in [5, 5.41) is 10.2. The van der Waals surface area contributed by atoms with Crippen molar-refractivity contribution in [2.45, 2.75) is 130 Å². The minimum atomic E-state index is -1.84. The molecule has 0 aromatic rings. The van der Waals surface area contributed by atoms with Gasteiger partial charge in [-0.3, -0.25) is 0 Å². The highest BCUT2D eigenvalue weighted by atomic mass is 28.4. The molecule has 0 bridgehead atoms. The fourth-order valence-corrected chi connectivity index (χ4v) is 16.6. The summed E-state index contributed by atoms with van der Waals surface area (Å²) in [6.07, 6.45) is 12.0. The molecule has 4 fully saturated rings. The molecule has 0 saturated heterocycles. The second-order valence-corrected chi connectivity index (χ2v) is 20.2. The molecule has 5 rings (SSSR count). The molecule has 0 amide bonds. The van der Waals surface area contributed by atoms with Gasteiger partial charge in [0.2, 0.25) is 8.32 Å². The molecule has 0 unspecified atom stereocenters. The lowest BCUT2D eigenvalue weighted by Gasteiger charge is -2.60. The minimum Gasteiger partial charge on any atom is -0.413 e. The van der Waals surface area contributed by atoms with Gasteiger partial charge in [-0.05, 0) is 109 Å². The van der Waals surface area contributed by atoms with Crippen molar-refractivity contribution in [2.24, 2.45) is 45.8 Å². The molecule has 0 N–H and O–H groups in total. The number of hydrogen-bond acceptors (Lipinski definition) is 2. The lowest BCUT2D eigenvalue weighted by atomic mass is 9.45. The summed E-state index contributed by atoms with van der Waals surface area (Å²) in [5.41, 5.74) is 4.20. The monoisotopic (exact) mass is 481 g/mol. The third kappa shape index (κ3) is 3.06. The Morgan fingerprint density at radius 1 is 0.941 bits per heavy atom. The zero-order chi connectivity index (χ0) is 24.8. The van der Waals surface area contributed by atoms with E-state index in [0.717, 1.165) is 23.7 Å². The summed E-state index contributed by atoms with van der Waals surface area (Å²) in [4.78, 5) is 0. The van der Waals surface area contributed by atoms with Crippen molar-refractivity contribution in [1.29, 1.82) is 5.26 Å². The molecule has 9 atom stereocenters. The van der Waals surface area contributed by atoms with Gasteiger partial charge in [-0.25, -0.2) is 0 Å². The molecule has 34 heavy (non-hydrogen) atoms. The van der Waals surface area contributed by atoms with Gasteiger partial charge in [-0.2, -0.15) is 5.26 Å². The third-order valence-corrected chi connectivity index (χ3v) is 19.0. The Morgan fingerprint density at radius 3 is 2.18 bits per heavy atom. The van der Waals surface area contributed by atoms with Crippen LogP contribution in [-0.2, 0) is 4.43 Å². The minimum absolute atomic E-state index is 0.0950. The lowest BCUT2D eigenvalue weighted by molar-refractivity contribution is -0.0750. The molecular weight excluding hydrogens is 430 g/mol. The Bertz CT molecular complexity index is 878. The maximum atomic E-state index is 10.2. The van der Waals surface area contributed by atoms with Crippen LogP contribution in [0.3, 0.4) is 0 Å². The maximum Gasteiger partial charge on any atom is 0.200 e. The van der Waals surface area contributed by atoms with Gasteiger partial charge in [0.15, 0.2) is 0 Å². The van der Waals surface area contributed by atoms with Crippen LogP contribution in [0.1, 0.15) is 107 Å². The highest BCUT2D eigenvalue weighted by Gasteiger charge is 2.75. The Balaban J connectivity index is 1.39. The van der Waals surface area contributed by atoms with E-state index in [0.29, 0.717) is 34.1 Å². The van der Waals surface area contributed by atoms with Crippen molar-refractivity contribution in [1.82, 2.24) is 0 Å². The van der Waals surface area contributed by atoms with Crippen LogP contribution in [0, 0.1) is 57.2 Å². The summed E-state index contributed by atoms with van der Waals surface area (Å²) in [5.74, 6) is 3.89. The molecule has 0 spiro atoms. The van der Waals surface area contributed by atoms with Crippen LogP contribution >= 0.6 is 0 Å². The van der Waals surface area contributed by atoms with Crippen LogP contribution in [0.4, 0.5) is 0 Å². The standard InChI is InChI=1S/C31H51NOSi/c1-19(2)34(20(3)4,21(5)6)33-23-12-14-29(7)22(16-23)10-11-24-26(29)13-15-30(8)28(24)25-17-27(25)31(30,9)18-32/h10,19-21,23-28H,11-17H2,1-9H3/t23-,24+,25-,26-,27+,28+,29-,30-,31+/m0/s1. The summed E-state index contributed by atoms with van der Waals surface area (Å²) >= 11 is 0. The molecule has 4 saturated carbocycles. The smallest absolute Gasteiger partial charge is 0.200 e. The molecule has 0 aromatic heterocycles. The molecule has 3 heteroatoms. The molecule has 0 radical (unpaired) electrons. The van der Waals surface area contributed by atoms with Crippen LogP contribution in [0.5, 0.6) is 0 Å². The average Bonchev–Trinajstić information content (AvgIpc) is 3.53. The number of hydrogen-bond donors (Lipinski definition) is 0. The summed E-state index contributed by atoms with van der Waals surface area (Å²) < 4.78 is 7.31. The topological polar surface area (TPSA) is 33.0 Å². The fourth-order valence-electron chi connectivity index (χ4n) is 11.0. The molecular formula is C31H51NOSi. The summed E-state index contributed by atoms with van der Waals surface area (Å²) in [7, 11) is -1.84. The van der Waals surface area contributed by atoms with E-state index in [-0.39, 0.29) is 10.8 Å². The van der Waals surface area contributed by atoms with Crippen LogP contribution in [0.2, 0.25) is 16.6 Å². The van der Waals surface area contributed by atoms with E-state index < -0.39 is 8.32 Å². The molecule has 0 aromatic carbocycles. The molecule has 0 aliphatic heterocycles. The second kappa shape index (κ2) is 7.95. The largest absolute Gasteiger partial charge is 0.413 e. The van der Waals surface area contributed by atoms with Crippen molar-refractivity contribution in [3.63, 3.8) is 0 Å². The van der Waals surface area contributed by atoms with E-state index in [1.165, 1.54) is 44.9 Å². The second-order valence-electron chi connectivity index (χ2n) is 14.8. The average molecular weight is 482 g/mol. The Morgan fingerprint density at radius 2 is 1.59 bits per heavy atom. The van der Waals surface area contributed by atoms with Crippen molar-refractivity contribution < 1.29 is 4.43 Å². The molecule has 190 valence electrons. The van der Waals surface area contributed by atoms with Crippen molar-refractivity contribution in [3.05, 3.63) is 11.6 Å². The van der Waals surface area contributed by atoms with Crippen LogP contribution in [-0.4, -0.2) is 14.4 Å². The Hall–Kier alpha value is -0.593. The van der Waals surface area contributed by atoms with E-state index >= 15 is 0 Å².